The Morgan fingerprint density at radius 2 is 1.83 bits per heavy atom. The van der Waals surface area contributed by atoms with Crippen LogP contribution >= 0.6 is 0 Å². The number of carbonyl (C=O) groups is 1. The number of pyridine rings is 1. The number of hydrogen-bond acceptors (Lipinski definition) is 7. The summed E-state index contributed by atoms with van der Waals surface area (Å²) in [5.74, 6) is 2.35. The summed E-state index contributed by atoms with van der Waals surface area (Å²) >= 11 is 0. The van der Waals surface area contributed by atoms with Crippen molar-refractivity contribution >= 4 is 17.5 Å². The predicted octanol–water partition coefficient (Wildman–Crippen LogP) is 4.68. The normalized spacial score (nSPS) is 14.6. The Bertz CT molecular complexity index is 1400. The molecular weight excluding hydrogens is 456 g/mol. The quantitative estimate of drug-likeness (QED) is 0.394. The number of ether oxygens (including phenoxy) is 2. The number of aromatic nitrogens is 4. The van der Waals surface area contributed by atoms with E-state index < -0.39 is 6.04 Å². The lowest BCUT2D eigenvalue weighted by molar-refractivity contribution is -0.113. The van der Waals surface area contributed by atoms with E-state index in [0.29, 0.717) is 35.3 Å². The monoisotopic (exact) mass is 482 g/mol. The molecule has 0 unspecified atom stereocenters. The number of fused-ring (bicyclic) bond motifs is 1. The van der Waals surface area contributed by atoms with Gasteiger partial charge in [0.2, 0.25) is 5.95 Å². The van der Waals surface area contributed by atoms with E-state index in [1.807, 2.05) is 62.4 Å². The zero-order valence-corrected chi connectivity index (χ0v) is 20.2. The predicted molar refractivity (Wildman–Crippen MR) is 137 cm³/mol. The lowest BCUT2D eigenvalue weighted by Gasteiger charge is -2.28. The Labute approximate surface area is 208 Å². The highest BCUT2D eigenvalue weighted by Gasteiger charge is 2.34. The minimum Gasteiger partial charge on any atom is -0.497 e. The Hall–Kier alpha value is -4.66. The molecule has 2 aromatic carbocycles. The van der Waals surface area contributed by atoms with Crippen LogP contribution in [0.2, 0.25) is 0 Å². The van der Waals surface area contributed by atoms with Gasteiger partial charge in [0, 0.05) is 17.5 Å². The summed E-state index contributed by atoms with van der Waals surface area (Å²) in [5.41, 5.74) is 3.54. The minimum absolute atomic E-state index is 0.251. The first-order chi connectivity index (χ1) is 17.6. The molecule has 0 bridgehead atoms. The van der Waals surface area contributed by atoms with Gasteiger partial charge in [-0.25, -0.2) is 4.68 Å². The molecule has 1 aliphatic heterocycles. The average molecular weight is 483 g/mol. The van der Waals surface area contributed by atoms with Crippen molar-refractivity contribution in [1.82, 2.24) is 19.7 Å². The van der Waals surface area contributed by atoms with Crippen LogP contribution < -0.4 is 20.1 Å². The molecule has 1 amide bonds. The van der Waals surface area contributed by atoms with Crippen molar-refractivity contribution in [2.24, 2.45) is 0 Å². The van der Waals surface area contributed by atoms with Crippen LogP contribution in [-0.4, -0.2) is 39.4 Å². The van der Waals surface area contributed by atoms with Gasteiger partial charge in [0.25, 0.3) is 5.91 Å². The van der Waals surface area contributed by atoms with Gasteiger partial charge < -0.3 is 20.1 Å². The summed E-state index contributed by atoms with van der Waals surface area (Å²) in [6.45, 7) is 4.38. The molecule has 36 heavy (non-hydrogen) atoms. The van der Waals surface area contributed by atoms with Crippen molar-refractivity contribution < 1.29 is 14.3 Å². The van der Waals surface area contributed by atoms with E-state index in [-0.39, 0.29) is 5.91 Å². The minimum atomic E-state index is -0.506. The molecule has 0 fully saturated rings. The lowest BCUT2D eigenvalue weighted by atomic mass is 9.95. The molecule has 9 heteroatoms. The number of methoxy groups -OCH3 is 1. The van der Waals surface area contributed by atoms with Gasteiger partial charge >= 0.3 is 0 Å². The molecule has 3 heterocycles. The van der Waals surface area contributed by atoms with Gasteiger partial charge in [-0.2, -0.15) is 4.98 Å². The highest BCUT2D eigenvalue weighted by molar-refractivity contribution is 6.05. The summed E-state index contributed by atoms with van der Waals surface area (Å²) in [6, 6.07) is 18.3. The van der Waals surface area contributed by atoms with Crippen LogP contribution in [0.1, 0.15) is 25.5 Å². The van der Waals surface area contributed by atoms with Gasteiger partial charge in [0.1, 0.15) is 17.5 Å². The number of benzene rings is 2. The third-order valence-corrected chi connectivity index (χ3v) is 5.87. The maximum atomic E-state index is 13.6. The fourth-order valence-corrected chi connectivity index (χ4v) is 4.16. The van der Waals surface area contributed by atoms with Gasteiger partial charge in [-0.05, 0) is 67.9 Å². The average Bonchev–Trinajstić information content (AvgIpc) is 3.33. The van der Waals surface area contributed by atoms with Crippen LogP contribution in [0.5, 0.6) is 11.5 Å². The van der Waals surface area contributed by atoms with Crippen LogP contribution in [0.15, 0.2) is 84.3 Å². The molecule has 0 saturated carbocycles. The fraction of sp³-hybridized carbons (Fsp3) is 0.185. The number of rotatable bonds is 7. The van der Waals surface area contributed by atoms with E-state index in [1.165, 1.54) is 0 Å². The van der Waals surface area contributed by atoms with Gasteiger partial charge in [0.05, 0.1) is 31.2 Å². The van der Waals surface area contributed by atoms with Crippen molar-refractivity contribution in [3.63, 3.8) is 0 Å². The second-order valence-corrected chi connectivity index (χ2v) is 8.20. The summed E-state index contributed by atoms with van der Waals surface area (Å²) in [5, 5.41) is 11.0. The van der Waals surface area contributed by atoms with E-state index in [2.05, 4.69) is 15.6 Å². The maximum Gasteiger partial charge on any atom is 0.255 e. The summed E-state index contributed by atoms with van der Waals surface area (Å²) in [6.07, 6.45) is 3.27. The van der Waals surface area contributed by atoms with E-state index >= 15 is 0 Å². The molecule has 0 radical (unpaired) electrons. The van der Waals surface area contributed by atoms with Gasteiger partial charge in [0.15, 0.2) is 5.82 Å². The molecule has 1 aliphatic rings. The molecule has 0 spiro atoms. The topological polar surface area (TPSA) is 103 Å². The maximum absolute atomic E-state index is 13.6. The molecule has 4 aromatic rings. The van der Waals surface area contributed by atoms with Crippen molar-refractivity contribution in [2.75, 3.05) is 24.4 Å². The van der Waals surface area contributed by atoms with E-state index in [4.69, 9.17) is 19.6 Å². The second kappa shape index (κ2) is 9.91. The Morgan fingerprint density at radius 3 is 2.50 bits per heavy atom. The highest BCUT2D eigenvalue weighted by atomic mass is 16.5. The van der Waals surface area contributed by atoms with E-state index in [1.54, 1.807) is 36.3 Å². The molecule has 9 nitrogen and oxygen atoms in total. The lowest BCUT2D eigenvalue weighted by Crippen LogP contribution is -2.31. The molecule has 1 atom stereocenters. The molecule has 182 valence electrons. The molecule has 0 saturated heterocycles. The van der Waals surface area contributed by atoms with E-state index in [9.17, 15) is 4.79 Å². The number of hydrogen-bond donors (Lipinski definition) is 2. The molecule has 5 rings (SSSR count). The van der Waals surface area contributed by atoms with Crippen molar-refractivity contribution in [3.8, 4) is 22.9 Å². The first-order valence-electron chi connectivity index (χ1n) is 11.6. The number of allylic oxidation sites excluding steroid dienone is 1. The van der Waals surface area contributed by atoms with Crippen LogP contribution in [0.25, 0.3) is 11.4 Å². The molecule has 0 aliphatic carbocycles. The SMILES string of the molecule is CCOc1ccc([C@H]2C(C(=O)Nc3cccnc3)=C(C)Nc3nc(-c4ccc(OC)cc4)nn32)cc1. The first kappa shape index (κ1) is 23.1. The second-order valence-electron chi connectivity index (χ2n) is 8.20. The Balaban J connectivity index is 1.57. The zero-order chi connectivity index (χ0) is 25.1. The van der Waals surface area contributed by atoms with Crippen molar-refractivity contribution in [3.05, 3.63) is 89.9 Å². The van der Waals surface area contributed by atoms with Crippen LogP contribution in [0.4, 0.5) is 11.6 Å². The number of amides is 1. The third-order valence-electron chi connectivity index (χ3n) is 5.87. The standard InChI is InChI=1S/C27H26N6O3/c1-4-36-22-13-7-18(8-14-22)24-23(26(34)30-20-6-5-15-28-16-20)17(2)29-27-31-25(32-33(24)27)19-9-11-21(35-3)12-10-19/h5-16,24H,4H2,1-3H3,(H,30,34)(H,29,31,32)/t24-/m0/s1. The summed E-state index contributed by atoms with van der Waals surface area (Å²) < 4.78 is 12.6. The summed E-state index contributed by atoms with van der Waals surface area (Å²) in [4.78, 5) is 22.4. The molecule has 2 aromatic heterocycles. The van der Waals surface area contributed by atoms with Crippen LogP contribution in [0.3, 0.4) is 0 Å². The zero-order valence-electron chi connectivity index (χ0n) is 20.2. The molecular formula is C27H26N6O3. The van der Waals surface area contributed by atoms with E-state index in [0.717, 1.165) is 22.6 Å². The number of nitrogens with zero attached hydrogens (tertiary/aromatic N) is 4. The smallest absolute Gasteiger partial charge is 0.255 e. The van der Waals surface area contributed by atoms with Gasteiger partial charge in [-0.3, -0.25) is 9.78 Å². The number of anilines is 2. The Kier molecular flexibility index (Phi) is 6.36. The highest BCUT2D eigenvalue weighted by Crippen LogP contribution is 2.37. The fourth-order valence-electron chi connectivity index (χ4n) is 4.16. The largest absolute Gasteiger partial charge is 0.497 e. The van der Waals surface area contributed by atoms with Gasteiger partial charge in [-0.1, -0.05) is 12.1 Å². The summed E-state index contributed by atoms with van der Waals surface area (Å²) in [7, 11) is 1.63. The number of nitrogens with one attached hydrogen (secondary N) is 2. The van der Waals surface area contributed by atoms with Crippen molar-refractivity contribution in [2.45, 2.75) is 19.9 Å². The van der Waals surface area contributed by atoms with Gasteiger partial charge in [-0.15, -0.1) is 5.10 Å². The van der Waals surface area contributed by atoms with Crippen LogP contribution in [0, 0.1) is 0 Å². The molecule has 2 N–H and O–H groups in total. The number of carbonyl (C=O) groups excluding carboxylic acids is 1. The van der Waals surface area contributed by atoms with Crippen LogP contribution in [-0.2, 0) is 4.79 Å². The third kappa shape index (κ3) is 4.50. The Morgan fingerprint density at radius 1 is 1.08 bits per heavy atom. The first-order valence-corrected chi connectivity index (χ1v) is 11.6. The van der Waals surface area contributed by atoms with Crippen molar-refractivity contribution in [1.29, 1.82) is 0 Å².